The predicted octanol–water partition coefficient (Wildman–Crippen LogP) is 4.05. The first-order chi connectivity index (χ1) is 13.2. The molecule has 3 heterocycles. The smallest absolute Gasteiger partial charge is 0.261 e. The van der Waals surface area contributed by atoms with E-state index in [1.165, 1.54) is 35.8 Å². The number of thiophene rings is 1. The lowest BCUT2D eigenvalue weighted by atomic mass is 10.1. The highest BCUT2D eigenvalue weighted by Crippen LogP contribution is 2.34. The molecule has 1 saturated heterocycles. The number of ether oxygens (including phenoxy) is 1. The Balaban J connectivity index is 1.19. The average molecular weight is 390 g/mol. The molecular weight excluding hydrogens is 358 g/mol. The molecule has 1 amide bonds. The number of carbonyl (C=O) groups excluding carboxylic acids is 1. The maximum absolute atomic E-state index is 12.4. The summed E-state index contributed by atoms with van der Waals surface area (Å²) in [5.74, 6) is 0.0444. The molecule has 0 atom stereocenters. The van der Waals surface area contributed by atoms with Crippen molar-refractivity contribution in [1.82, 2.24) is 14.8 Å². The van der Waals surface area contributed by atoms with Crippen LogP contribution in [0, 0.1) is 0 Å². The first-order valence-corrected chi connectivity index (χ1v) is 11.2. The van der Waals surface area contributed by atoms with E-state index in [-0.39, 0.29) is 5.91 Å². The van der Waals surface area contributed by atoms with Crippen LogP contribution in [0.4, 0.5) is 0 Å². The van der Waals surface area contributed by atoms with Crippen LogP contribution in [-0.2, 0) is 4.74 Å². The van der Waals surface area contributed by atoms with Gasteiger partial charge in [-0.05, 0) is 45.2 Å². The van der Waals surface area contributed by atoms with E-state index in [4.69, 9.17) is 4.74 Å². The largest absolute Gasteiger partial charge is 0.378 e. The van der Waals surface area contributed by atoms with Crippen molar-refractivity contribution < 1.29 is 9.53 Å². The molecule has 2 aromatic heterocycles. The number of nitrogens with one attached hydrogen (secondary N) is 1. The van der Waals surface area contributed by atoms with Gasteiger partial charge in [0.15, 0.2) is 0 Å². The highest BCUT2D eigenvalue weighted by atomic mass is 32.1. The van der Waals surface area contributed by atoms with E-state index in [1.807, 2.05) is 6.07 Å². The van der Waals surface area contributed by atoms with Gasteiger partial charge in [0.1, 0.15) is 0 Å². The number of hydrogen-bond donors (Lipinski definition) is 1. The molecule has 0 aromatic carbocycles. The van der Waals surface area contributed by atoms with Crippen LogP contribution in [0.5, 0.6) is 0 Å². The van der Waals surface area contributed by atoms with E-state index in [9.17, 15) is 4.79 Å². The van der Waals surface area contributed by atoms with Crippen molar-refractivity contribution >= 4 is 27.3 Å². The van der Waals surface area contributed by atoms with E-state index in [0.717, 1.165) is 43.8 Å². The Morgan fingerprint density at radius 3 is 2.74 bits per heavy atom. The number of nitrogens with zero attached hydrogens (tertiary/aromatic N) is 2. The average Bonchev–Trinajstić information content (AvgIpc) is 3.38. The zero-order valence-electron chi connectivity index (χ0n) is 16.3. The number of carbonyl (C=O) groups is 1. The third-order valence-electron chi connectivity index (χ3n) is 5.94. The van der Waals surface area contributed by atoms with Gasteiger partial charge in [-0.3, -0.25) is 4.79 Å². The summed E-state index contributed by atoms with van der Waals surface area (Å²) in [6.07, 6.45) is 13.2. The summed E-state index contributed by atoms with van der Waals surface area (Å²) in [6, 6.07) is 2.70. The Labute approximate surface area is 165 Å². The maximum Gasteiger partial charge on any atom is 0.261 e. The Bertz CT molecular complexity index is 723. The van der Waals surface area contributed by atoms with Crippen molar-refractivity contribution in [2.75, 3.05) is 33.3 Å². The zero-order chi connectivity index (χ0) is 18.6. The minimum atomic E-state index is 0.0444. The molecule has 2 fully saturated rings. The summed E-state index contributed by atoms with van der Waals surface area (Å²) in [7, 11) is 2.16. The number of hydrogen-bond acceptors (Lipinski definition) is 4. The number of rotatable bonds is 7. The van der Waals surface area contributed by atoms with Gasteiger partial charge in [-0.1, -0.05) is 12.8 Å². The van der Waals surface area contributed by atoms with Gasteiger partial charge in [0, 0.05) is 50.1 Å². The first-order valence-electron chi connectivity index (χ1n) is 10.4. The molecule has 1 aliphatic carbocycles. The molecule has 2 aliphatic rings. The number of fused-ring (bicyclic) bond motifs is 1. The van der Waals surface area contributed by atoms with Crippen molar-refractivity contribution in [3.63, 3.8) is 0 Å². The molecule has 1 N–H and O–H groups in total. The molecule has 1 aliphatic heterocycles. The van der Waals surface area contributed by atoms with Crippen molar-refractivity contribution in [2.24, 2.45) is 0 Å². The molecule has 0 spiro atoms. The van der Waals surface area contributed by atoms with Crippen LogP contribution in [0.15, 0.2) is 18.5 Å². The van der Waals surface area contributed by atoms with Gasteiger partial charge in [0.05, 0.1) is 15.7 Å². The van der Waals surface area contributed by atoms with Gasteiger partial charge in [-0.25, -0.2) is 0 Å². The van der Waals surface area contributed by atoms with E-state index in [0.29, 0.717) is 18.7 Å². The molecule has 2 aromatic rings. The molecular formula is C21H31N3O2S. The Morgan fingerprint density at radius 2 is 2.00 bits per heavy atom. The standard InChI is InChI=1S/C21H31N3O2S/c1-23-10-7-18(8-11-23)26-12-4-9-22-21(25)19-13-16-14-24(15-20(16)27-19)17-5-2-3-6-17/h13-15,17-18H,2-12H2,1H3,(H,22,25). The van der Waals surface area contributed by atoms with Crippen molar-refractivity contribution in [2.45, 2.75) is 57.1 Å². The van der Waals surface area contributed by atoms with Gasteiger partial charge >= 0.3 is 0 Å². The normalized spacial score (nSPS) is 19.9. The van der Waals surface area contributed by atoms with Gasteiger partial charge in [-0.15, -0.1) is 11.3 Å². The van der Waals surface area contributed by atoms with E-state index >= 15 is 0 Å². The molecule has 27 heavy (non-hydrogen) atoms. The second-order valence-electron chi connectivity index (χ2n) is 8.06. The van der Waals surface area contributed by atoms with Gasteiger partial charge in [-0.2, -0.15) is 0 Å². The second kappa shape index (κ2) is 8.76. The first kappa shape index (κ1) is 19.0. The van der Waals surface area contributed by atoms with Crippen LogP contribution < -0.4 is 5.32 Å². The molecule has 1 saturated carbocycles. The summed E-state index contributed by atoms with van der Waals surface area (Å²) in [5, 5.41) is 4.24. The fourth-order valence-corrected chi connectivity index (χ4v) is 5.23. The lowest BCUT2D eigenvalue weighted by Gasteiger charge is -2.28. The monoisotopic (exact) mass is 389 g/mol. The SMILES string of the molecule is CN1CCC(OCCCNC(=O)c2cc3cn(C4CCCC4)cc3s2)CC1. The Kier molecular flexibility index (Phi) is 6.15. The van der Waals surface area contributed by atoms with Crippen LogP contribution >= 0.6 is 11.3 Å². The van der Waals surface area contributed by atoms with E-state index in [1.54, 1.807) is 11.3 Å². The molecule has 0 unspecified atom stereocenters. The van der Waals surface area contributed by atoms with E-state index < -0.39 is 0 Å². The fourth-order valence-electron chi connectivity index (χ4n) is 4.24. The van der Waals surface area contributed by atoms with Crippen molar-refractivity contribution in [3.8, 4) is 0 Å². The van der Waals surface area contributed by atoms with Gasteiger partial charge in [0.2, 0.25) is 0 Å². The topological polar surface area (TPSA) is 46.5 Å². The number of aromatic nitrogens is 1. The quantitative estimate of drug-likeness (QED) is 0.727. The summed E-state index contributed by atoms with van der Waals surface area (Å²) < 4.78 is 9.52. The van der Waals surface area contributed by atoms with Crippen LogP contribution in [0.25, 0.3) is 10.1 Å². The summed E-state index contributed by atoms with van der Waals surface area (Å²) in [6.45, 7) is 3.65. The summed E-state index contributed by atoms with van der Waals surface area (Å²) in [4.78, 5) is 15.6. The van der Waals surface area contributed by atoms with Crippen LogP contribution in [-0.4, -0.2) is 54.8 Å². The van der Waals surface area contributed by atoms with Crippen LogP contribution in [0.3, 0.4) is 0 Å². The Morgan fingerprint density at radius 1 is 1.22 bits per heavy atom. The lowest BCUT2D eigenvalue weighted by molar-refractivity contribution is 0.0117. The number of likely N-dealkylation sites (tertiary alicyclic amines) is 1. The third kappa shape index (κ3) is 4.73. The highest BCUT2D eigenvalue weighted by molar-refractivity contribution is 7.20. The van der Waals surface area contributed by atoms with Gasteiger partial charge < -0.3 is 19.5 Å². The lowest BCUT2D eigenvalue weighted by Crippen LogP contribution is -2.34. The highest BCUT2D eigenvalue weighted by Gasteiger charge is 2.19. The molecule has 4 rings (SSSR count). The molecule has 0 radical (unpaired) electrons. The second-order valence-corrected chi connectivity index (χ2v) is 9.14. The number of amides is 1. The third-order valence-corrected chi connectivity index (χ3v) is 7.03. The summed E-state index contributed by atoms with van der Waals surface area (Å²) in [5.41, 5.74) is 0. The van der Waals surface area contributed by atoms with Crippen molar-refractivity contribution in [3.05, 3.63) is 23.3 Å². The molecule has 6 heteroatoms. The van der Waals surface area contributed by atoms with E-state index in [2.05, 4.69) is 34.2 Å². The Hall–Kier alpha value is -1.37. The summed E-state index contributed by atoms with van der Waals surface area (Å²) >= 11 is 1.60. The maximum atomic E-state index is 12.4. The van der Waals surface area contributed by atoms with Crippen LogP contribution in [0.1, 0.15) is 60.7 Å². The molecule has 0 bridgehead atoms. The zero-order valence-corrected chi connectivity index (χ0v) is 17.1. The van der Waals surface area contributed by atoms with Crippen molar-refractivity contribution in [1.29, 1.82) is 0 Å². The predicted molar refractivity (Wildman–Crippen MR) is 111 cm³/mol. The van der Waals surface area contributed by atoms with Gasteiger partial charge in [0.25, 0.3) is 5.91 Å². The molecule has 5 nitrogen and oxygen atoms in total. The molecule has 148 valence electrons. The minimum Gasteiger partial charge on any atom is -0.378 e. The number of piperidine rings is 1. The minimum absolute atomic E-state index is 0.0444. The van der Waals surface area contributed by atoms with Crippen LogP contribution in [0.2, 0.25) is 0 Å². The fraction of sp³-hybridized carbons (Fsp3) is 0.667.